The fourth-order valence-corrected chi connectivity index (χ4v) is 4.71. The molecule has 2 nitrogen and oxygen atoms in total. The molecule has 0 radical (unpaired) electrons. The average molecular weight is 445 g/mol. The van der Waals surface area contributed by atoms with E-state index >= 15 is 0 Å². The second kappa shape index (κ2) is 10.7. The van der Waals surface area contributed by atoms with Crippen LogP contribution >= 0.6 is 11.8 Å². The van der Waals surface area contributed by atoms with E-state index < -0.39 is 0 Å². The van der Waals surface area contributed by atoms with Crippen LogP contribution in [0.15, 0.2) is 89.4 Å². The van der Waals surface area contributed by atoms with Gasteiger partial charge in [-0.05, 0) is 78.6 Å². The van der Waals surface area contributed by atoms with Gasteiger partial charge in [0.25, 0.3) is 0 Å². The van der Waals surface area contributed by atoms with E-state index in [1.807, 2.05) is 37.8 Å². The van der Waals surface area contributed by atoms with Crippen molar-refractivity contribution < 1.29 is 9.53 Å². The highest BCUT2D eigenvalue weighted by atomic mass is 32.2. The number of carbonyl (C=O) groups excluding carboxylic acids is 1. The molecule has 0 spiro atoms. The van der Waals surface area contributed by atoms with E-state index in [0.717, 1.165) is 12.0 Å². The number of ether oxygens (including phenoxy) is 1. The molecule has 0 atom stereocenters. The van der Waals surface area contributed by atoms with Crippen molar-refractivity contribution in [1.82, 2.24) is 0 Å². The fourth-order valence-electron chi connectivity index (χ4n) is 3.72. The SMILES string of the molecule is CCOC(=O)C=C(C)/C=C/C=C(\C)c1ccc2c(c1)C(Sc1ccccc1)=CCC2(C)C. The van der Waals surface area contributed by atoms with E-state index in [9.17, 15) is 4.79 Å². The number of fused-ring (bicyclic) bond motifs is 1. The van der Waals surface area contributed by atoms with Gasteiger partial charge in [-0.3, -0.25) is 0 Å². The van der Waals surface area contributed by atoms with Crippen molar-refractivity contribution >= 4 is 28.2 Å². The van der Waals surface area contributed by atoms with Gasteiger partial charge in [0.2, 0.25) is 0 Å². The predicted octanol–water partition coefficient (Wildman–Crippen LogP) is 7.97. The van der Waals surface area contributed by atoms with Crippen LogP contribution in [0.4, 0.5) is 0 Å². The summed E-state index contributed by atoms with van der Waals surface area (Å²) >= 11 is 1.84. The normalized spacial score (nSPS) is 16.0. The molecule has 0 aromatic heterocycles. The molecule has 3 rings (SSSR count). The molecule has 0 amide bonds. The van der Waals surface area contributed by atoms with Gasteiger partial charge in [0, 0.05) is 15.9 Å². The van der Waals surface area contributed by atoms with Crippen molar-refractivity contribution in [2.45, 2.75) is 51.3 Å². The predicted molar refractivity (Wildman–Crippen MR) is 138 cm³/mol. The third-order valence-corrected chi connectivity index (χ3v) is 6.69. The maximum Gasteiger partial charge on any atom is 0.330 e. The maximum absolute atomic E-state index is 11.6. The monoisotopic (exact) mass is 444 g/mol. The second-order valence-electron chi connectivity index (χ2n) is 8.68. The Hall–Kier alpha value is -2.78. The summed E-state index contributed by atoms with van der Waals surface area (Å²) in [6.45, 7) is 10.8. The van der Waals surface area contributed by atoms with Crippen molar-refractivity contribution in [3.63, 3.8) is 0 Å². The first-order chi connectivity index (χ1) is 15.3. The lowest BCUT2D eigenvalue weighted by molar-refractivity contribution is -0.137. The van der Waals surface area contributed by atoms with E-state index in [2.05, 4.69) is 81.5 Å². The van der Waals surface area contributed by atoms with Gasteiger partial charge >= 0.3 is 5.97 Å². The van der Waals surface area contributed by atoms with Crippen LogP contribution in [0.25, 0.3) is 10.5 Å². The molecule has 0 unspecified atom stereocenters. The van der Waals surface area contributed by atoms with Gasteiger partial charge in [-0.2, -0.15) is 0 Å². The Morgan fingerprint density at radius 3 is 2.59 bits per heavy atom. The standard InChI is InChI=1S/C29H32O2S/c1-6-31-28(30)19-21(2)11-10-12-22(3)23-15-16-26-25(20-23)27(17-18-29(26,4)5)32-24-13-8-7-9-14-24/h7-17,19-20H,6,18H2,1-5H3/b11-10+,21-19?,22-12+. The Kier molecular flexibility index (Phi) is 7.98. The highest BCUT2D eigenvalue weighted by Gasteiger charge is 2.28. The van der Waals surface area contributed by atoms with Gasteiger partial charge in [0.1, 0.15) is 0 Å². The molecule has 2 aromatic carbocycles. The van der Waals surface area contributed by atoms with Gasteiger partial charge in [-0.15, -0.1) is 0 Å². The Morgan fingerprint density at radius 2 is 1.88 bits per heavy atom. The highest BCUT2D eigenvalue weighted by Crippen LogP contribution is 2.46. The Balaban J connectivity index is 1.86. The number of hydrogen-bond acceptors (Lipinski definition) is 3. The first-order valence-electron chi connectivity index (χ1n) is 11.1. The third kappa shape index (κ3) is 6.14. The van der Waals surface area contributed by atoms with Crippen LogP contribution in [0.2, 0.25) is 0 Å². The minimum atomic E-state index is -0.303. The zero-order valence-corrected chi connectivity index (χ0v) is 20.5. The fraction of sp³-hybridized carbons (Fsp3) is 0.276. The number of hydrogen-bond donors (Lipinski definition) is 0. The molecule has 0 aliphatic heterocycles. The van der Waals surface area contributed by atoms with E-state index in [4.69, 9.17) is 4.74 Å². The zero-order chi connectivity index (χ0) is 23.1. The van der Waals surface area contributed by atoms with Gasteiger partial charge in [-0.1, -0.05) is 80.2 Å². The van der Waals surface area contributed by atoms with Crippen molar-refractivity contribution in [3.8, 4) is 0 Å². The Bertz CT molecular complexity index is 1090. The number of carbonyl (C=O) groups is 1. The molecule has 166 valence electrons. The van der Waals surface area contributed by atoms with Crippen molar-refractivity contribution in [2.75, 3.05) is 6.61 Å². The summed E-state index contributed by atoms with van der Waals surface area (Å²) in [5.41, 5.74) is 6.10. The van der Waals surface area contributed by atoms with Crippen LogP contribution < -0.4 is 0 Å². The molecule has 1 aliphatic rings. The summed E-state index contributed by atoms with van der Waals surface area (Å²) < 4.78 is 4.96. The molecule has 1 aliphatic carbocycles. The van der Waals surface area contributed by atoms with E-state index in [-0.39, 0.29) is 11.4 Å². The Morgan fingerprint density at radius 1 is 1.12 bits per heavy atom. The number of allylic oxidation sites excluding steroid dienone is 6. The lowest BCUT2D eigenvalue weighted by Gasteiger charge is -2.32. The molecular formula is C29H32O2S. The average Bonchev–Trinajstić information content (AvgIpc) is 2.76. The Labute approximate surface area is 196 Å². The first kappa shape index (κ1) is 23.9. The minimum absolute atomic E-state index is 0.126. The van der Waals surface area contributed by atoms with Crippen LogP contribution in [0.3, 0.4) is 0 Å². The lowest BCUT2D eigenvalue weighted by atomic mass is 9.75. The molecule has 3 heteroatoms. The lowest BCUT2D eigenvalue weighted by Crippen LogP contribution is -2.21. The molecule has 0 fully saturated rings. The van der Waals surface area contributed by atoms with Gasteiger partial charge < -0.3 is 4.74 Å². The summed E-state index contributed by atoms with van der Waals surface area (Å²) in [7, 11) is 0. The molecule has 0 N–H and O–H groups in total. The number of benzene rings is 2. The molecular weight excluding hydrogens is 412 g/mol. The minimum Gasteiger partial charge on any atom is -0.463 e. The van der Waals surface area contributed by atoms with Gasteiger partial charge in [0.15, 0.2) is 0 Å². The van der Waals surface area contributed by atoms with Gasteiger partial charge in [0.05, 0.1) is 6.61 Å². The number of thioether (sulfide) groups is 1. The van der Waals surface area contributed by atoms with Crippen LogP contribution in [0, 0.1) is 0 Å². The molecule has 0 heterocycles. The topological polar surface area (TPSA) is 26.3 Å². The summed E-state index contributed by atoms with van der Waals surface area (Å²) in [5.74, 6) is -0.303. The van der Waals surface area contributed by atoms with E-state index in [1.165, 1.54) is 38.1 Å². The molecule has 0 saturated carbocycles. The molecule has 0 bridgehead atoms. The quantitative estimate of drug-likeness (QED) is 0.246. The van der Waals surface area contributed by atoms with Crippen LogP contribution in [0.1, 0.15) is 57.7 Å². The summed E-state index contributed by atoms with van der Waals surface area (Å²) in [6, 6.07) is 17.4. The van der Waals surface area contributed by atoms with Crippen LogP contribution in [0.5, 0.6) is 0 Å². The first-order valence-corrected chi connectivity index (χ1v) is 11.9. The highest BCUT2D eigenvalue weighted by molar-refractivity contribution is 8.08. The van der Waals surface area contributed by atoms with Crippen LogP contribution in [-0.4, -0.2) is 12.6 Å². The third-order valence-electron chi connectivity index (χ3n) is 5.58. The molecule has 32 heavy (non-hydrogen) atoms. The smallest absolute Gasteiger partial charge is 0.330 e. The number of esters is 1. The van der Waals surface area contributed by atoms with Crippen molar-refractivity contribution in [3.05, 3.63) is 101 Å². The summed E-state index contributed by atoms with van der Waals surface area (Å²) in [6.07, 6.45) is 10.9. The van der Waals surface area contributed by atoms with Crippen LogP contribution in [-0.2, 0) is 14.9 Å². The number of rotatable bonds is 7. The summed E-state index contributed by atoms with van der Waals surface area (Å²) in [4.78, 5) is 14.1. The molecule has 2 aromatic rings. The largest absolute Gasteiger partial charge is 0.463 e. The molecule has 0 saturated heterocycles. The zero-order valence-electron chi connectivity index (χ0n) is 19.6. The maximum atomic E-state index is 11.6. The van der Waals surface area contributed by atoms with Crippen molar-refractivity contribution in [1.29, 1.82) is 0 Å². The van der Waals surface area contributed by atoms with E-state index in [1.54, 1.807) is 0 Å². The van der Waals surface area contributed by atoms with Crippen molar-refractivity contribution in [2.24, 2.45) is 0 Å². The van der Waals surface area contributed by atoms with Gasteiger partial charge in [-0.25, -0.2) is 4.79 Å². The summed E-state index contributed by atoms with van der Waals surface area (Å²) in [5, 5.41) is 0. The van der Waals surface area contributed by atoms with E-state index in [0.29, 0.717) is 6.61 Å². The second-order valence-corrected chi connectivity index (χ2v) is 9.80.